The van der Waals surface area contributed by atoms with Gasteiger partial charge in [-0.2, -0.15) is 0 Å². The first-order chi connectivity index (χ1) is 10.1. The summed E-state index contributed by atoms with van der Waals surface area (Å²) in [6.07, 6.45) is 0. The van der Waals surface area contributed by atoms with E-state index in [1.807, 2.05) is 6.07 Å². The first-order valence-electron chi connectivity index (χ1n) is 5.94. The van der Waals surface area contributed by atoms with Crippen molar-refractivity contribution >= 4 is 45.5 Å². The Balaban J connectivity index is 1.94. The molecule has 2 rings (SSSR count). The summed E-state index contributed by atoms with van der Waals surface area (Å²) < 4.78 is 4.61. The third kappa shape index (κ3) is 4.11. The van der Waals surface area contributed by atoms with Gasteiger partial charge in [0.15, 0.2) is 5.11 Å². The number of hydrogen-bond acceptors (Lipinski definition) is 5. The molecular weight excluding hydrogens is 308 g/mol. The van der Waals surface area contributed by atoms with Gasteiger partial charge in [0.25, 0.3) is 5.91 Å². The minimum atomic E-state index is -0.418. The van der Waals surface area contributed by atoms with Crippen molar-refractivity contribution in [2.75, 3.05) is 12.4 Å². The number of anilines is 1. The summed E-state index contributed by atoms with van der Waals surface area (Å²) in [7, 11) is 1.32. The number of benzene rings is 1. The van der Waals surface area contributed by atoms with E-state index in [1.54, 1.807) is 35.7 Å². The minimum Gasteiger partial charge on any atom is -0.465 e. The lowest BCUT2D eigenvalue weighted by molar-refractivity contribution is 0.0601. The van der Waals surface area contributed by atoms with Crippen LogP contribution in [-0.2, 0) is 4.74 Å². The largest absolute Gasteiger partial charge is 0.465 e. The van der Waals surface area contributed by atoms with Crippen LogP contribution in [0.1, 0.15) is 20.7 Å². The van der Waals surface area contributed by atoms with E-state index in [4.69, 9.17) is 12.2 Å². The van der Waals surface area contributed by atoms with Crippen molar-refractivity contribution in [1.82, 2.24) is 5.32 Å². The van der Waals surface area contributed by atoms with Crippen LogP contribution >= 0.6 is 23.6 Å². The molecule has 2 N–H and O–H groups in total. The van der Waals surface area contributed by atoms with Crippen molar-refractivity contribution in [1.29, 1.82) is 0 Å². The van der Waals surface area contributed by atoms with Gasteiger partial charge in [0.2, 0.25) is 0 Å². The van der Waals surface area contributed by atoms with Gasteiger partial charge in [-0.3, -0.25) is 10.1 Å². The average molecular weight is 320 g/mol. The van der Waals surface area contributed by atoms with Crippen molar-refractivity contribution in [3.8, 4) is 0 Å². The molecule has 0 saturated heterocycles. The molecule has 1 heterocycles. The fraction of sp³-hybridized carbons (Fsp3) is 0.0714. The Kier molecular flexibility index (Phi) is 5.02. The molecule has 108 valence electrons. The van der Waals surface area contributed by atoms with Gasteiger partial charge in [0, 0.05) is 10.9 Å². The van der Waals surface area contributed by atoms with Crippen LogP contribution in [0.25, 0.3) is 0 Å². The van der Waals surface area contributed by atoms with Crippen molar-refractivity contribution in [2.45, 2.75) is 0 Å². The van der Waals surface area contributed by atoms with Crippen molar-refractivity contribution in [2.24, 2.45) is 0 Å². The SMILES string of the molecule is COC(=O)c1csc(NC(=S)NC(=O)c2ccccc2)c1. The third-order valence-electron chi connectivity index (χ3n) is 2.52. The number of methoxy groups -OCH3 is 1. The number of thiocarbonyl (C=S) groups is 1. The van der Waals surface area contributed by atoms with Crippen molar-refractivity contribution in [3.63, 3.8) is 0 Å². The highest BCUT2D eigenvalue weighted by Gasteiger charge is 2.11. The number of nitrogens with one attached hydrogen (secondary N) is 2. The van der Waals surface area contributed by atoms with Crippen LogP contribution in [0.4, 0.5) is 5.00 Å². The summed E-state index contributed by atoms with van der Waals surface area (Å²) in [5.74, 6) is -0.712. The van der Waals surface area contributed by atoms with E-state index in [0.717, 1.165) is 0 Å². The molecule has 0 atom stereocenters. The monoisotopic (exact) mass is 320 g/mol. The summed E-state index contributed by atoms with van der Waals surface area (Å²) in [6.45, 7) is 0. The number of hydrogen-bond donors (Lipinski definition) is 2. The molecule has 7 heteroatoms. The highest BCUT2D eigenvalue weighted by atomic mass is 32.1. The van der Waals surface area contributed by atoms with Crippen LogP contribution in [0.3, 0.4) is 0 Å². The van der Waals surface area contributed by atoms with Crippen LogP contribution in [-0.4, -0.2) is 24.1 Å². The van der Waals surface area contributed by atoms with E-state index in [-0.39, 0.29) is 11.0 Å². The fourth-order valence-electron chi connectivity index (χ4n) is 1.53. The number of esters is 1. The van der Waals surface area contributed by atoms with Gasteiger partial charge in [-0.15, -0.1) is 11.3 Å². The van der Waals surface area contributed by atoms with Crippen molar-refractivity contribution in [3.05, 3.63) is 52.9 Å². The smallest absolute Gasteiger partial charge is 0.338 e. The summed E-state index contributed by atoms with van der Waals surface area (Å²) in [5, 5.41) is 7.89. The van der Waals surface area contributed by atoms with Crippen LogP contribution in [0.2, 0.25) is 0 Å². The fourth-order valence-corrected chi connectivity index (χ4v) is 2.58. The van der Waals surface area contributed by atoms with Crippen LogP contribution < -0.4 is 10.6 Å². The maximum absolute atomic E-state index is 11.9. The van der Waals surface area contributed by atoms with Crippen molar-refractivity contribution < 1.29 is 14.3 Å². The van der Waals surface area contributed by atoms with E-state index >= 15 is 0 Å². The van der Waals surface area contributed by atoms with Crippen LogP contribution in [0, 0.1) is 0 Å². The molecule has 0 fully saturated rings. The normalized spacial score (nSPS) is 9.76. The molecule has 0 radical (unpaired) electrons. The Labute approximate surface area is 130 Å². The topological polar surface area (TPSA) is 67.4 Å². The Bertz CT molecular complexity index is 668. The van der Waals surface area contributed by atoms with Gasteiger partial charge in [0.05, 0.1) is 17.7 Å². The van der Waals surface area contributed by atoms with Gasteiger partial charge in [-0.1, -0.05) is 18.2 Å². The zero-order chi connectivity index (χ0) is 15.2. The number of carbonyl (C=O) groups is 2. The molecule has 0 aliphatic rings. The van der Waals surface area contributed by atoms with Gasteiger partial charge in [-0.05, 0) is 30.4 Å². The van der Waals surface area contributed by atoms with Gasteiger partial charge in [0.1, 0.15) is 0 Å². The molecule has 0 aliphatic carbocycles. The number of ether oxygens (including phenoxy) is 1. The molecule has 0 unspecified atom stereocenters. The number of carbonyl (C=O) groups excluding carboxylic acids is 2. The molecule has 1 amide bonds. The van der Waals surface area contributed by atoms with Gasteiger partial charge < -0.3 is 10.1 Å². The van der Waals surface area contributed by atoms with E-state index in [1.165, 1.54) is 18.4 Å². The number of thiophene rings is 1. The molecule has 2 aromatic rings. The van der Waals surface area contributed by atoms with E-state index in [2.05, 4.69) is 15.4 Å². The molecule has 5 nitrogen and oxygen atoms in total. The number of amides is 1. The summed E-state index contributed by atoms with van der Waals surface area (Å²) >= 11 is 6.36. The highest BCUT2D eigenvalue weighted by Crippen LogP contribution is 2.20. The summed E-state index contributed by atoms with van der Waals surface area (Å²) in [5.41, 5.74) is 0.949. The zero-order valence-electron chi connectivity index (χ0n) is 11.1. The van der Waals surface area contributed by atoms with Crippen LogP contribution in [0.15, 0.2) is 41.8 Å². The van der Waals surface area contributed by atoms with Gasteiger partial charge in [-0.25, -0.2) is 4.79 Å². The lowest BCUT2D eigenvalue weighted by Crippen LogP contribution is -2.33. The molecule has 1 aromatic carbocycles. The second-order valence-corrected chi connectivity index (χ2v) is 5.28. The maximum atomic E-state index is 11.9. The third-order valence-corrected chi connectivity index (χ3v) is 3.57. The highest BCUT2D eigenvalue weighted by molar-refractivity contribution is 7.80. The number of rotatable bonds is 3. The Morgan fingerprint density at radius 3 is 2.57 bits per heavy atom. The Morgan fingerprint density at radius 1 is 1.19 bits per heavy atom. The second kappa shape index (κ2) is 6.96. The van der Waals surface area contributed by atoms with Gasteiger partial charge >= 0.3 is 5.97 Å². The lowest BCUT2D eigenvalue weighted by atomic mass is 10.2. The standard InChI is InChI=1S/C14H12N2O3S2/c1-19-13(18)10-7-11(21-8-10)15-14(20)16-12(17)9-5-3-2-4-6-9/h2-8H,1H3,(H2,15,16,17,20). The van der Waals surface area contributed by atoms with E-state index in [9.17, 15) is 9.59 Å². The van der Waals surface area contributed by atoms with Crippen LogP contribution in [0.5, 0.6) is 0 Å². The maximum Gasteiger partial charge on any atom is 0.338 e. The molecule has 21 heavy (non-hydrogen) atoms. The van der Waals surface area contributed by atoms with E-state index in [0.29, 0.717) is 16.1 Å². The second-order valence-electron chi connectivity index (χ2n) is 3.97. The molecule has 0 saturated carbocycles. The molecule has 1 aromatic heterocycles. The zero-order valence-corrected chi connectivity index (χ0v) is 12.7. The lowest BCUT2D eigenvalue weighted by Gasteiger charge is -2.07. The summed E-state index contributed by atoms with van der Waals surface area (Å²) in [6, 6.07) is 10.4. The Hall–Kier alpha value is -2.25. The molecule has 0 aliphatic heterocycles. The predicted octanol–water partition coefficient (Wildman–Crippen LogP) is 2.66. The molecule has 0 spiro atoms. The quantitative estimate of drug-likeness (QED) is 0.672. The molecular formula is C14H12N2O3S2. The predicted molar refractivity (Wildman–Crippen MR) is 85.8 cm³/mol. The average Bonchev–Trinajstić information content (AvgIpc) is 2.95. The first-order valence-corrected chi connectivity index (χ1v) is 7.23. The Morgan fingerprint density at radius 2 is 1.90 bits per heavy atom. The van der Waals surface area contributed by atoms with E-state index < -0.39 is 5.97 Å². The minimum absolute atomic E-state index is 0.169. The molecule has 0 bridgehead atoms. The summed E-state index contributed by atoms with van der Waals surface area (Å²) in [4.78, 5) is 23.2. The first kappa shape index (κ1) is 15.1.